The van der Waals surface area contributed by atoms with Gasteiger partial charge in [0.15, 0.2) is 0 Å². The summed E-state index contributed by atoms with van der Waals surface area (Å²) >= 11 is 0. The number of nitrogens with zero attached hydrogens (tertiary/aromatic N) is 1. The Morgan fingerprint density at radius 3 is 2.27 bits per heavy atom. The Hall–Kier alpha value is -1.03. The van der Waals surface area contributed by atoms with E-state index < -0.39 is 0 Å². The molecule has 0 saturated heterocycles. The van der Waals surface area contributed by atoms with Crippen LogP contribution in [0.1, 0.15) is 33.6 Å². The first kappa shape index (κ1) is 9.97. The molecule has 0 atom stereocenters. The zero-order chi connectivity index (χ0) is 8.69. The highest BCUT2D eigenvalue weighted by atomic mass is 14.2. The highest BCUT2D eigenvalue weighted by Crippen LogP contribution is 2.12. The maximum Gasteiger partial charge on any atom is 0.0949 e. The van der Waals surface area contributed by atoms with Crippen molar-refractivity contribution < 1.29 is 0 Å². The van der Waals surface area contributed by atoms with Crippen LogP contribution in [0.25, 0.3) is 0 Å². The van der Waals surface area contributed by atoms with Crippen molar-refractivity contribution in [3.63, 3.8) is 0 Å². The normalized spacial score (nSPS) is 12.9. The van der Waals surface area contributed by atoms with E-state index in [0.717, 1.165) is 24.0 Å². The minimum atomic E-state index is 0.837. The average Bonchev–Trinajstić information content (AvgIpc) is 2.05. The third kappa shape index (κ3) is 3.04. The highest BCUT2D eigenvalue weighted by Gasteiger charge is 1.97. The second kappa shape index (κ2) is 5.73. The largest absolute Gasteiger partial charge is 0.193 e. The molecule has 1 heteroatoms. The van der Waals surface area contributed by atoms with Crippen LogP contribution >= 0.6 is 0 Å². The Kier molecular flexibility index (Phi) is 5.20. The smallest absolute Gasteiger partial charge is 0.0949 e. The lowest BCUT2D eigenvalue weighted by molar-refractivity contribution is 1.05. The maximum absolute atomic E-state index is 8.71. The molecule has 0 unspecified atom stereocenters. The molecule has 0 N–H and O–H groups in total. The highest BCUT2D eigenvalue weighted by molar-refractivity contribution is 5.34. The summed E-state index contributed by atoms with van der Waals surface area (Å²) in [7, 11) is 0. The van der Waals surface area contributed by atoms with Crippen molar-refractivity contribution in [3.8, 4) is 6.07 Å². The first-order valence-electron chi connectivity index (χ1n) is 4.04. The molecular formula is C10H15N. The van der Waals surface area contributed by atoms with Crippen molar-refractivity contribution in [3.05, 3.63) is 23.3 Å². The Morgan fingerprint density at radius 1 is 1.36 bits per heavy atom. The van der Waals surface area contributed by atoms with Crippen LogP contribution < -0.4 is 0 Å². The minimum Gasteiger partial charge on any atom is -0.193 e. The Balaban J connectivity index is 4.66. The van der Waals surface area contributed by atoms with Gasteiger partial charge in [-0.2, -0.15) is 5.26 Å². The van der Waals surface area contributed by atoms with Crippen LogP contribution in [0, 0.1) is 11.3 Å². The fourth-order valence-electron chi connectivity index (χ4n) is 1.01. The van der Waals surface area contributed by atoms with Gasteiger partial charge in [-0.25, -0.2) is 0 Å². The molecule has 11 heavy (non-hydrogen) atoms. The molecule has 0 aromatic carbocycles. The first-order valence-corrected chi connectivity index (χ1v) is 4.04. The zero-order valence-corrected chi connectivity index (χ0v) is 7.52. The minimum absolute atomic E-state index is 0.837. The maximum atomic E-state index is 8.71. The van der Waals surface area contributed by atoms with E-state index in [1.165, 1.54) is 0 Å². The fourth-order valence-corrected chi connectivity index (χ4v) is 1.01. The molecule has 60 valence electrons. The summed E-state index contributed by atoms with van der Waals surface area (Å²) in [6.45, 7) is 6.06. The lowest BCUT2D eigenvalue weighted by Gasteiger charge is -1.99. The summed E-state index contributed by atoms with van der Waals surface area (Å²) in [5, 5.41) is 8.71. The zero-order valence-electron chi connectivity index (χ0n) is 7.52. The van der Waals surface area contributed by atoms with Crippen LogP contribution in [0.4, 0.5) is 0 Å². The monoisotopic (exact) mass is 149 g/mol. The van der Waals surface area contributed by atoms with Gasteiger partial charge in [-0.3, -0.25) is 0 Å². The molecule has 0 radical (unpaired) electrons. The molecule has 0 spiro atoms. The van der Waals surface area contributed by atoms with Crippen LogP contribution in [0.2, 0.25) is 0 Å². The quantitative estimate of drug-likeness (QED) is 0.446. The fraction of sp³-hybridized carbons (Fsp3) is 0.500. The number of hydrogen-bond acceptors (Lipinski definition) is 1. The van der Waals surface area contributed by atoms with Gasteiger partial charge in [0, 0.05) is 5.57 Å². The molecule has 0 bridgehead atoms. The predicted octanol–water partition coefficient (Wildman–Crippen LogP) is 3.20. The van der Waals surface area contributed by atoms with Gasteiger partial charge in [0.25, 0.3) is 0 Å². The molecule has 0 aromatic rings. The number of allylic oxidation sites excluding steroid dienone is 4. The third-order valence-corrected chi connectivity index (χ3v) is 1.62. The molecule has 0 aliphatic heterocycles. The van der Waals surface area contributed by atoms with E-state index in [1.54, 1.807) is 0 Å². The first-order chi connectivity index (χ1) is 5.29. The van der Waals surface area contributed by atoms with E-state index in [-0.39, 0.29) is 0 Å². The van der Waals surface area contributed by atoms with Gasteiger partial charge < -0.3 is 0 Å². The lowest BCUT2D eigenvalue weighted by Crippen LogP contribution is -1.83. The van der Waals surface area contributed by atoms with Gasteiger partial charge in [0.1, 0.15) is 0 Å². The van der Waals surface area contributed by atoms with Crippen LogP contribution in [0.5, 0.6) is 0 Å². The standard InChI is InChI=1S/C10H15N/c1-4-7-9(5-2)10(6-3)8-11/h4,7H,5-6H2,1-3H3/b7-4-,10-9+. The molecule has 0 fully saturated rings. The van der Waals surface area contributed by atoms with Crippen LogP contribution in [-0.4, -0.2) is 0 Å². The van der Waals surface area contributed by atoms with Gasteiger partial charge in [-0.15, -0.1) is 0 Å². The Morgan fingerprint density at radius 2 is 2.00 bits per heavy atom. The van der Waals surface area contributed by atoms with E-state index in [0.29, 0.717) is 0 Å². The van der Waals surface area contributed by atoms with Crippen LogP contribution in [-0.2, 0) is 0 Å². The van der Waals surface area contributed by atoms with Gasteiger partial charge >= 0.3 is 0 Å². The average molecular weight is 149 g/mol. The van der Waals surface area contributed by atoms with Gasteiger partial charge in [-0.05, 0) is 25.3 Å². The van der Waals surface area contributed by atoms with Crippen molar-refractivity contribution in [2.45, 2.75) is 33.6 Å². The van der Waals surface area contributed by atoms with Gasteiger partial charge in [-0.1, -0.05) is 26.0 Å². The molecule has 0 rings (SSSR count). The summed E-state index contributed by atoms with van der Waals surface area (Å²) in [5.74, 6) is 0. The molecular weight excluding hydrogens is 134 g/mol. The summed E-state index contributed by atoms with van der Waals surface area (Å²) < 4.78 is 0. The number of rotatable bonds is 3. The number of hydrogen-bond donors (Lipinski definition) is 0. The van der Waals surface area contributed by atoms with E-state index in [2.05, 4.69) is 13.0 Å². The summed E-state index contributed by atoms with van der Waals surface area (Å²) in [6.07, 6.45) is 5.78. The van der Waals surface area contributed by atoms with Crippen molar-refractivity contribution in [2.75, 3.05) is 0 Å². The molecule has 0 heterocycles. The van der Waals surface area contributed by atoms with Crippen molar-refractivity contribution in [1.29, 1.82) is 5.26 Å². The van der Waals surface area contributed by atoms with Crippen molar-refractivity contribution in [1.82, 2.24) is 0 Å². The SMILES string of the molecule is C/C=C\C(CC)=C(\C#N)CC. The molecule has 0 aromatic heterocycles. The molecule has 0 saturated carbocycles. The molecule has 0 aliphatic rings. The molecule has 0 aliphatic carbocycles. The summed E-state index contributed by atoms with van der Waals surface area (Å²) in [6, 6.07) is 2.22. The molecule has 0 amide bonds. The summed E-state index contributed by atoms with van der Waals surface area (Å²) in [4.78, 5) is 0. The second-order valence-corrected chi connectivity index (χ2v) is 2.32. The topological polar surface area (TPSA) is 23.8 Å². The van der Waals surface area contributed by atoms with Gasteiger partial charge in [0.2, 0.25) is 0 Å². The number of nitriles is 1. The van der Waals surface area contributed by atoms with E-state index >= 15 is 0 Å². The van der Waals surface area contributed by atoms with E-state index in [4.69, 9.17) is 5.26 Å². The Labute approximate surface area is 69.0 Å². The predicted molar refractivity (Wildman–Crippen MR) is 48.0 cm³/mol. The summed E-state index contributed by atoms with van der Waals surface area (Å²) in [5.41, 5.74) is 2.07. The van der Waals surface area contributed by atoms with Crippen molar-refractivity contribution in [2.24, 2.45) is 0 Å². The molecule has 1 nitrogen and oxygen atoms in total. The Bertz CT molecular complexity index is 203. The van der Waals surface area contributed by atoms with E-state index in [9.17, 15) is 0 Å². The van der Waals surface area contributed by atoms with Crippen LogP contribution in [0.3, 0.4) is 0 Å². The second-order valence-electron chi connectivity index (χ2n) is 2.32. The van der Waals surface area contributed by atoms with Crippen molar-refractivity contribution >= 4 is 0 Å². The lowest BCUT2D eigenvalue weighted by atomic mass is 10.0. The van der Waals surface area contributed by atoms with Crippen LogP contribution in [0.15, 0.2) is 23.3 Å². The van der Waals surface area contributed by atoms with E-state index in [1.807, 2.05) is 26.0 Å². The van der Waals surface area contributed by atoms with Gasteiger partial charge in [0.05, 0.1) is 6.07 Å². The third-order valence-electron chi connectivity index (χ3n) is 1.62.